The minimum absolute atomic E-state index is 0.0789. The van der Waals surface area contributed by atoms with Crippen LogP contribution in [0.1, 0.15) is 10.4 Å². The Hall–Kier alpha value is -1.30. The lowest BCUT2D eigenvalue weighted by Gasteiger charge is -2.24. The van der Waals surface area contributed by atoms with Gasteiger partial charge in [-0.25, -0.2) is 0 Å². The van der Waals surface area contributed by atoms with Gasteiger partial charge in [0.25, 0.3) is 5.91 Å². The van der Waals surface area contributed by atoms with Crippen molar-refractivity contribution in [3.63, 3.8) is 0 Å². The summed E-state index contributed by atoms with van der Waals surface area (Å²) in [6, 6.07) is 4.48. The van der Waals surface area contributed by atoms with Crippen molar-refractivity contribution >= 4 is 17.5 Å². The molecule has 1 aromatic rings. The topological polar surface area (TPSA) is 70.6 Å². The highest BCUT2D eigenvalue weighted by molar-refractivity contribution is 6.31. The third kappa shape index (κ3) is 3.35. The van der Waals surface area contributed by atoms with E-state index in [4.69, 9.17) is 16.3 Å². The summed E-state index contributed by atoms with van der Waals surface area (Å²) in [5, 5.41) is 16.0. The number of hydrogen-bond donors (Lipinski definition) is 3. The van der Waals surface area contributed by atoms with Crippen LogP contribution in [-0.2, 0) is 4.74 Å². The van der Waals surface area contributed by atoms with Gasteiger partial charge in [0.1, 0.15) is 5.75 Å². The fourth-order valence-corrected chi connectivity index (χ4v) is 1.92. The Morgan fingerprint density at radius 2 is 2.44 bits per heavy atom. The van der Waals surface area contributed by atoms with Crippen molar-refractivity contribution in [1.82, 2.24) is 10.6 Å². The van der Waals surface area contributed by atoms with Crippen molar-refractivity contribution in [2.24, 2.45) is 0 Å². The number of nitrogens with one attached hydrogen (secondary N) is 2. The molecule has 1 unspecified atom stereocenters. The molecule has 0 aromatic heterocycles. The molecule has 3 N–H and O–H groups in total. The van der Waals surface area contributed by atoms with Crippen LogP contribution in [0.25, 0.3) is 0 Å². The van der Waals surface area contributed by atoms with Crippen LogP contribution in [0.4, 0.5) is 0 Å². The number of hydrogen-bond acceptors (Lipinski definition) is 4. The molecule has 0 saturated carbocycles. The van der Waals surface area contributed by atoms with Crippen molar-refractivity contribution in [1.29, 1.82) is 0 Å². The van der Waals surface area contributed by atoms with E-state index in [2.05, 4.69) is 10.6 Å². The lowest BCUT2D eigenvalue weighted by Crippen LogP contribution is -2.48. The minimum atomic E-state index is -0.345. The molecule has 0 radical (unpaired) electrons. The molecule has 1 aliphatic rings. The fraction of sp³-hybridized carbons (Fsp3) is 0.417. The quantitative estimate of drug-likeness (QED) is 0.759. The van der Waals surface area contributed by atoms with E-state index in [0.29, 0.717) is 24.8 Å². The Morgan fingerprint density at radius 3 is 3.17 bits per heavy atom. The summed E-state index contributed by atoms with van der Waals surface area (Å²) in [7, 11) is 0. The van der Waals surface area contributed by atoms with Crippen LogP contribution in [-0.4, -0.2) is 43.4 Å². The first-order valence-corrected chi connectivity index (χ1v) is 6.12. The first kappa shape index (κ1) is 13.1. The highest BCUT2D eigenvalue weighted by Gasteiger charge is 2.16. The number of rotatable bonds is 3. The number of ether oxygens (including phenoxy) is 1. The highest BCUT2D eigenvalue weighted by atomic mass is 35.5. The van der Waals surface area contributed by atoms with E-state index in [1.165, 1.54) is 18.2 Å². The Morgan fingerprint density at radius 1 is 1.61 bits per heavy atom. The maximum absolute atomic E-state index is 11.9. The summed E-state index contributed by atoms with van der Waals surface area (Å²) < 4.78 is 5.28. The molecule has 1 amide bonds. The second kappa shape index (κ2) is 6.04. The zero-order valence-electron chi connectivity index (χ0n) is 9.78. The Bertz CT molecular complexity index is 433. The number of phenols is 1. The summed E-state index contributed by atoms with van der Waals surface area (Å²) in [5.41, 5.74) is 0.180. The second-order valence-corrected chi connectivity index (χ2v) is 4.53. The van der Waals surface area contributed by atoms with Crippen LogP contribution < -0.4 is 10.6 Å². The zero-order chi connectivity index (χ0) is 13.0. The van der Waals surface area contributed by atoms with Gasteiger partial charge in [0.15, 0.2) is 0 Å². The SMILES string of the molecule is O=C(NCC1COCCN1)c1cc(Cl)ccc1O. The fourth-order valence-electron chi connectivity index (χ4n) is 1.75. The number of morpholine rings is 1. The van der Waals surface area contributed by atoms with Crippen LogP contribution in [0, 0.1) is 0 Å². The average molecular weight is 271 g/mol. The van der Waals surface area contributed by atoms with Gasteiger partial charge in [0, 0.05) is 24.2 Å². The predicted octanol–water partition coefficient (Wildman–Crippen LogP) is 0.764. The molecular formula is C12H15ClN2O3. The van der Waals surface area contributed by atoms with Gasteiger partial charge < -0.3 is 20.5 Å². The molecule has 1 atom stereocenters. The van der Waals surface area contributed by atoms with Crippen LogP contribution in [0.2, 0.25) is 5.02 Å². The van der Waals surface area contributed by atoms with Crippen molar-refractivity contribution < 1.29 is 14.6 Å². The van der Waals surface area contributed by atoms with E-state index in [1.807, 2.05) is 0 Å². The smallest absolute Gasteiger partial charge is 0.255 e. The molecule has 0 bridgehead atoms. The molecule has 98 valence electrons. The molecule has 18 heavy (non-hydrogen) atoms. The molecule has 1 aromatic carbocycles. The molecule has 0 spiro atoms. The number of benzene rings is 1. The van der Waals surface area contributed by atoms with Gasteiger partial charge in [-0.05, 0) is 18.2 Å². The van der Waals surface area contributed by atoms with Gasteiger partial charge in [0.05, 0.1) is 18.8 Å². The van der Waals surface area contributed by atoms with E-state index >= 15 is 0 Å². The van der Waals surface area contributed by atoms with Gasteiger partial charge in [-0.1, -0.05) is 11.6 Å². The van der Waals surface area contributed by atoms with E-state index in [-0.39, 0.29) is 23.3 Å². The molecular weight excluding hydrogens is 256 g/mol. The second-order valence-electron chi connectivity index (χ2n) is 4.10. The maximum Gasteiger partial charge on any atom is 0.255 e. The molecule has 1 fully saturated rings. The molecule has 1 heterocycles. The maximum atomic E-state index is 11.9. The molecule has 5 nitrogen and oxygen atoms in total. The number of amides is 1. The lowest BCUT2D eigenvalue weighted by atomic mass is 10.2. The average Bonchev–Trinajstić information content (AvgIpc) is 2.40. The van der Waals surface area contributed by atoms with Gasteiger partial charge in [-0.15, -0.1) is 0 Å². The molecule has 1 saturated heterocycles. The normalized spacial score (nSPS) is 19.5. The number of aromatic hydroxyl groups is 1. The van der Waals surface area contributed by atoms with Gasteiger partial charge in [0.2, 0.25) is 0 Å². The third-order valence-electron chi connectivity index (χ3n) is 2.71. The summed E-state index contributed by atoms with van der Waals surface area (Å²) in [6.45, 7) is 2.50. The van der Waals surface area contributed by atoms with Crippen molar-refractivity contribution in [2.45, 2.75) is 6.04 Å². The van der Waals surface area contributed by atoms with Crippen LogP contribution in [0.5, 0.6) is 5.75 Å². The molecule has 0 aliphatic carbocycles. The predicted molar refractivity (Wildman–Crippen MR) is 68.1 cm³/mol. The Labute approximate surface area is 110 Å². The van der Waals surface area contributed by atoms with Crippen molar-refractivity contribution in [3.8, 4) is 5.75 Å². The van der Waals surface area contributed by atoms with Crippen LogP contribution >= 0.6 is 11.6 Å². The first-order chi connectivity index (χ1) is 8.66. The summed E-state index contributed by atoms with van der Waals surface area (Å²) >= 11 is 5.79. The van der Waals surface area contributed by atoms with Crippen molar-refractivity contribution in [3.05, 3.63) is 28.8 Å². The van der Waals surface area contributed by atoms with E-state index < -0.39 is 0 Å². The molecule has 2 rings (SSSR count). The summed E-state index contributed by atoms with van der Waals surface area (Å²) in [4.78, 5) is 11.9. The standard InChI is InChI=1S/C12H15ClN2O3/c13-8-1-2-11(16)10(5-8)12(17)15-6-9-7-18-4-3-14-9/h1-2,5,9,14,16H,3-4,6-7H2,(H,15,17). The zero-order valence-corrected chi connectivity index (χ0v) is 10.5. The third-order valence-corrected chi connectivity index (χ3v) is 2.95. The van der Waals surface area contributed by atoms with Crippen LogP contribution in [0.15, 0.2) is 18.2 Å². The van der Waals surface area contributed by atoms with Gasteiger partial charge in [-0.3, -0.25) is 4.79 Å². The van der Waals surface area contributed by atoms with Gasteiger partial charge >= 0.3 is 0 Å². The minimum Gasteiger partial charge on any atom is -0.507 e. The van der Waals surface area contributed by atoms with Crippen molar-refractivity contribution in [2.75, 3.05) is 26.3 Å². The van der Waals surface area contributed by atoms with E-state index in [1.54, 1.807) is 0 Å². The van der Waals surface area contributed by atoms with E-state index in [0.717, 1.165) is 6.54 Å². The number of carbonyl (C=O) groups excluding carboxylic acids is 1. The summed E-state index contributed by atoms with van der Waals surface area (Å²) in [5.74, 6) is -0.424. The van der Waals surface area contributed by atoms with Crippen LogP contribution in [0.3, 0.4) is 0 Å². The van der Waals surface area contributed by atoms with Gasteiger partial charge in [-0.2, -0.15) is 0 Å². The number of halogens is 1. The molecule has 6 heteroatoms. The summed E-state index contributed by atoms with van der Waals surface area (Å²) in [6.07, 6.45) is 0. The highest BCUT2D eigenvalue weighted by Crippen LogP contribution is 2.21. The number of carbonyl (C=O) groups is 1. The Balaban J connectivity index is 1.92. The largest absolute Gasteiger partial charge is 0.507 e. The molecule has 1 aliphatic heterocycles. The van der Waals surface area contributed by atoms with E-state index in [9.17, 15) is 9.90 Å². The Kier molecular flexibility index (Phi) is 4.41. The monoisotopic (exact) mass is 270 g/mol. The lowest BCUT2D eigenvalue weighted by molar-refractivity contribution is 0.0734. The number of phenolic OH excluding ortho intramolecular Hbond substituents is 1. The first-order valence-electron chi connectivity index (χ1n) is 5.74.